The van der Waals surface area contributed by atoms with Gasteiger partial charge in [-0.2, -0.15) is 0 Å². The molecule has 1 heterocycles. The lowest BCUT2D eigenvalue weighted by Gasteiger charge is -2.08. The van der Waals surface area contributed by atoms with Crippen molar-refractivity contribution in [2.75, 3.05) is 11.9 Å². The highest BCUT2D eigenvalue weighted by atomic mass is 79.9. The lowest BCUT2D eigenvalue weighted by atomic mass is 10.2. The topological polar surface area (TPSA) is 24.9 Å². The van der Waals surface area contributed by atoms with E-state index in [9.17, 15) is 4.39 Å². The predicted octanol–water partition coefficient (Wildman–Crippen LogP) is 3.20. The summed E-state index contributed by atoms with van der Waals surface area (Å²) in [6.07, 6.45) is 3.36. The van der Waals surface area contributed by atoms with Gasteiger partial charge in [0.1, 0.15) is 11.6 Å². The van der Waals surface area contributed by atoms with Crippen LogP contribution in [-0.4, -0.2) is 16.4 Å². The largest absolute Gasteiger partial charge is 0.370 e. The summed E-state index contributed by atoms with van der Waals surface area (Å²) in [7, 11) is 0. The fraction of sp³-hybridized carbons (Fsp3) is 0.500. The second-order valence-corrected chi connectivity index (χ2v) is 4.38. The molecule has 78 valence electrons. The fourth-order valence-electron chi connectivity index (χ4n) is 1.04. The van der Waals surface area contributed by atoms with Gasteiger partial charge in [0.25, 0.3) is 0 Å². The van der Waals surface area contributed by atoms with Crippen LogP contribution < -0.4 is 5.32 Å². The van der Waals surface area contributed by atoms with Crippen LogP contribution in [0.25, 0.3) is 0 Å². The highest BCUT2D eigenvalue weighted by molar-refractivity contribution is 9.09. The minimum absolute atomic E-state index is 0.303. The van der Waals surface area contributed by atoms with Crippen molar-refractivity contribution in [3.05, 3.63) is 24.1 Å². The van der Waals surface area contributed by atoms with Crippen molar-refractivity contribution in [2.45, 2.75) is 24.6 Å². The first-order chi connectivity index (χ1) is 6.72. The van der Waals surface area contributed by atoms with Gasteiger partial charge in [0.15, 0.2) is 0 Å². The molecule has 1 atom stereocenters. The van der Waals surface area contributed by atoms with E-state index < -0.39 is 0 Å². The normalized spacial score (nSPS) is 12.5. The number of aromatic nitrogens is 1. The van der Waals surface area contributed by atoms with Crippen LogP contribution in [0.1, 0.15) is 19.8 Å². The number of hydrogen-bond donors (Lipinski definition) is 1. The number of halogens is 2. The molecular formula is C10H14BrFN2. The van der Waals surface area contributed by atoms with Crippen molar-refractivity contribution in [3.8, 4) is 0 Å². The molecule has 1 rings (SSSR count). The Morgan fingerprint density at radius 3 is 2.93 bits per heavy atom. The second kappa shape index (κ2) is 5.96. The molecule has 0 bridgehead atoms. The molecule has 0 radical (unpaired) electrons. The maximum Gasteiger partial charge on any atom is 0.141 e. The third-order valence-corrected chi connectivity index (χ3v) is 3.04. The van der Waals surface area contributed by atoms with E-state index in [2.05, 4.69) is 33.2 Å². The third kappa shape index (κ3) is 4.05. The Labute approximate surface area is 92.1 Å². The smallest absolute Gasteiger partial charge is 0.141 e. The van der Waals surface area contributed by atoms with E-state index in [1.54, 1.807) is 6.07 Å². The minimum atomic E-state index is -0.303. The molecule has 4 heteroatoms. The second-order valence-electron chi connectivity index (χ2n) is 3.08. The molecule has 1 aromatic rings. The lowest BCUT2D eigenvalue weighted by Crippen LogP contribution is -2.08. The molecule has 0 aliphatic rings. The molecule has 0 aromatic carbocycles. The van der Waals surface area contributed by atoms with Gasteiger partial charge in [-0.3, -0.25) is 0 Å². The van der Waals surface area contributed by atoms with Crippen LogP contribution in [0, 0.1) is 5.82 Å². The van der Waals surface area contributed by atoms with Gasteiger partial charge in [0.2, 0.25) is 0 Å². The number of alkyl halides is 1. The monoisotopic (exact) mass is 260 g/mol. The van der Waals surface area contributed by atoms with Gasteiger partial charge in [0.05, 0.1) is 6.20 Å². The summed E-state index contributed by atoms with van der Waals surface area (Å²) in [4.78, 5) is 4.44. The first-order valence-corrected chi connectivity index (χ1v) is 5.63. The number of nitrogens with zero attached hydrogens (tertiary/aromatic N) is 1. The van der Waals surface area contributed by atoms with E-state index in [1.165, 1.54) is 12.3 Å². The van der Waals surface area contributed by atoms with E-state index in [4.69, 9.17) is 0 Å². The minimum Gasteiger partial charge on any atom is -0.370 e. The molecule has 0 aliphatic carbocycles. The van der Waals surface area contributed by atoms with Crippen LogP contribution in [-0.2, 0) is 0 Å². The summed E-state index contributed by atoms with van der Waals surface area (Å²) < 4.78 is 12.5. The molecule has 0 fully saturated rings. The van der Waals surface area contributed by atoms with Crippen molar-refractivity contribution in [1.82, 2.24) is 4.98 Å². The summed E-state index contributed by atoms with van der Waals surface area (Å²) in [6, 6.07) is 3.05. The van der Waals surface area contributed by atoms with Crippen LogP contribution in [0.4, 0.5) is 10.2 Å². The summed E-state index contributed by atoms with van der Waals surface area (Å²) in [5, 5.41) is 3.13. The number of hydrogen-bond acceptors (Lipinski definition) is 2. The van der Waals surface area contributed by atoms with Crippen LogP contribution in [0.5, 0.6) is 0 Å². The molecule has 0 saturated carbocycles. The molecule has 0 spiro atoms. The van der Waals surface area contributed by atoms with Gasteiger partial charge < -0.3 is 5.32 Å². The van der Waals surface area contributed by atoms with Crippen molar-refractivity contribution in [1.29, 1.82) is 0 Å². The Morgan fingerprint density at radius 1 is 1.57 bits per heavy atom. The van der Waals surface area contributed by atoms with Crippen LogP contribution >= 0.6 is 15.9 Å². The Balaban J connectivity index is 2.28. The SMILES string of the molecule is CCC(Br)CCNc1ccc(F)cn1. The zero-order valence-corrected chi connectivity index (χ0v) is 9.72. The summed E-state index contributed by atoms with van der Waals surface area (Å²) in [6.45, 7) is 2.98. The van der Waals surface area contributed by atoms with Gasteiger partial charge in [-0.25, -0.2) is 9.37 Å². The fourth-order valence-corrected chi connectivity index (χ4v) is 1.27. The molecule has 14 heavy (non-hydrogen) atoms. The van der Waals surface area contributed by atoms with Crippen LogP contribution in [0.15, 0.2) is 18.3 Å². The zero-order chi connectivity index (χ0) is 10.4. The summed E-state index contributed by atoms with van der Waals surface area (Å²) in [5.74, 6) is 0.421. The average Bonchev–Trinajstić information content (AvgIpc) is 2.21. The highest BCUT2D eigenvalue weighted by Crippen LogP contribution is 2.10. The van der Waals surface area contributed by atoms with Crippen molar-refractivity contribution in [3.63, 3.8) is 0 Å². The summed E-state index contributed by atoms with van der Waals surface area (Å²) >= 11 is 3.54. The van der Waals surface area contributed by atoms with Gasteiger partial charge >= 0.3 is 0 Å². The van der Waals surface area contributed by atoms with Crippen molar-refractivity contribution >= 4 is 21.7 Å². The standard InChI is InChI=1S/C10H14BrFN2/c1-2-8(11)5-6-13-10-4-3-9(12)7-14-10/h3-4,7-8H,2,5-6H2,1H3,(H,13,14). The molecule has 0 amide bonds. The molecule has 0 aliphatic heterocycles. The molecule has 1 N–H and O–H groups in total. The number of anilines is 1. The number of nitrogens with one attached hydrogen (secondary N) is 1. The van der Waals surface area contributed by atoms with Gasteiger partial charge in [-0.05, 0) is 25.0 Å². The van der Waals surface area contributed by atoms with E-state index in [0.717, 1.165) is 25.2 Å². The van der Waals surface area contributed by atoms with E-state index in [-0.39, 0.29) is 5.82 Å². The first-order valence-electron chi connectivity index (χ1n) is 4.72. The summed E-state index contributed by atoms with van der Waals surface area (Å²) in [5.41, 5.74) is 0. The van der Waals surface area contributed by atoms with Crippen LogP contribution in [0.3, 0.4) is 0 Å². The lowest BCUT2D eigenvalue weighted by molar-refractivity contribution is 0.621. The predicted molar refractivity (Wildman–Crippen MR) is 60.3 cm³/mol. The molecule has 0 saturated heterocycles. The highest BCUT2D eigenvalue weighted by Gasteiger charge is 2.00. The third-order valence-electron chi connectivity index (χ3n) is 1.93. The van der Waals surface area contributed by atoms with Gasteiger partial charge in [-0.1, -0.05) is 22.9 Å². The van der Waals surface area contributed by atoms with Gasteiger partial charge in [0, 0.05) is 11.4 Å². The maximum atomic E-state index is 12.5. The quantitative estimate of drug-likeness (QED) is 0.823. The zero-order valence-electron chi connectivity index (χ0n) is 8.13. The molecular weight excluding hydrogens is 247 g/mol. The number of pyridine rings is 1. The molecule has 1 unspecified atom stereocenters. The average molecular weight is 261 g/mol. The maximum absolute atomic E-state index is 12.5. The Morgan fingerprint density at radius 2 is 2.36 bits per heavy atom. The number of rotatable bonds is 5. The first kappa shape index (κ1) is 11.4. The van der Waals surface area contributed by atoms with Crippen molar-refractivity contribution in [2.24, 2.45) is 0 Å². The molecule has 2 nitrogen and oxygen atoms in total. The Kier molecular flexibility index (Phi) is 4.87. The Bertz CT molecular complexity index is 263. The molecule has 1 aromatic heterocycles. The van der Waals surface area contributed by atoms with Gasteiger partial charge in [-0.15, -0.1) is 0 Å². The van der Waals surface area contributed by atoms with Crippen molar-refractivity contribution < 1.29 is 4.39 Å². The van der Waals surface area contributed by atoms with E-state index >= 15 is 0 Å². The van der Waals surface area contributed by atoms with E-state index in [0.29, 0.717) is 4.83 Å². The Hall–Kier alpha value is -0.640. The van der Waals surface area contributed by atoms with Crippen LogP contribution in [0.2, 0.25) is 0 Å². The van der Waals surface area contributed by atoms with E-state index in [1.807, 2.05) is 0 Å².